The van der Waals surface area contributed by atoms with Crippen LogP contribution in [-0.4, -0.2) is 23.9 Å². The zero-order chi connectivity index (χ0) is 20.2. The molecule has 0 aliphatic heterocycles. The second-order valence-corrected chi connectivity index (χ2v) is 7.19. The molecule has 1 unspecified atom stereocenters. The maximum atomic E-state index is 13.8. The Morgan fingerprint density at radius 3 is 2.36 bits per heavy atom. The summed E-state index contributed by atoms with van der Waals surface area (Å²) in [7, 11) is 0. The average Bonchev–Trinajstić information content (AvgIpc) is 2.63. The van der Waals surface area contributed by atoms with E-state index >= 15 is 0 Å². The molecule has 152 valence electrons. The first-order valence-electron chi connectivity index (χ1n) is 8.87. The van der Waals surface area contributed by atoms with Gasteiger partial charge in [-0.15, -0.1) is 12.4 Å². The Morgan fingerprint density at radius 2 is 1.79 bits per heavy atom. The molecule has 0 aliphatic carbocycles. The molecular weight excluding hydrogens is 381 g/mol. The van der Waals surface area contributed by atoms with Crippen molar-refractivity contribution in [1.82, 2.24) is 5.32 Å². The summed E-state index contributed by atoms with van der Waals surface area (Å²) in [6.45, 7) is 7.98. The van der Waals surface area contributed by atoms with Gasteiger partial charge in [0.1, 0.15) is 5.82 Å². The topological polar surface area (TPSA) is 84.2 Å². The molecule has 0 spiro atoms. The number of aryl methyl sites for hydroxylation is 1. The molecule has 0 radical (unpaired) electrons. The first-order valence-corrected chi connectivity index (χ1v) is 8.87. The lowest BCUT2D eigenvalue weighted by atomic mass is 9.88. The molecule has 2 amide bonds. The lowest BCUT2D eigenvalue weighted by Crippen LogP contribution is -2.55. The van der Waals surface area contributed by atoms with Gasteiger partial charge in [0.15, 0.2) is 0 Å². The summed E-state index contributed by atoms with van der Waals surface area (Å²) in [5.74, 6) is -1.30. The van der Waals surface area contributed by atoms with Crippen LogP contribution in [0.3, 0.4) is 0 Å². The molecule has 1 atom stereocenters. The number of carbonyl (C=O) groups excluding carboxylic acids is 2. The SMILES string of the molecule is Cc1ccc(C(=O)NC(C)(CN)C(C)C)cc1NC(=O)c1ccccc1F.Cl. The minimum absolute atomic E-state index is 0. The third-order valence-corrected chi connectivity index (χ3v) is 4.96. The minimum Gasteiger partial charge on any atom is -0.345 e. The summed E-state index contributed by atoms with van der Waals surface area (Å²) < 4.78 is 13.8. The molecule has 0 fully saturated rings. The van der Waals surface area contributed by atoms with Crippen molar-refractivity contribution in [2.24, 2.45) is 11.7 Å². The van der Waals surface area contributed by atoms with Gasteiger partial charge in [-0.2, -0.15) is 0 Å². The van der Waals surface area contributed by atoms with E-state index in [1.807, 2.05) is 20.8 Å². The largest absolute Gasteiger partial charge is 0.345 e. The van der Waals surface area contributed by atoms with Crippen LogP contribution in [0.4, 0.5) is 10.1 Å². The van der Waals surface area contributed by atoms with Crippen LogP contribution >= 0.6 is 12.4 Å². The van der Waals surface area contributed by atoms with Crippen LogP contribution < -0.4 is 16.4 Å². The van der Waals surface area contributed by atoms with Crippen molar-refractivity contribution in [3.05, 3.63) is 65.0 Å². The molecule has 5 nitrogen and oxygen atoms in total. The zero-order valence-electron chi connectivity index (χ0n) is 16.5. The highest BCUT2D eigenvalue weighted by Crippen LogP contribution is 2.21. The predicted octanol–water partition coefficient (Wildman–Crippen LogP) is 3.91. The molecule has 7 heteroatoms. The first-order chi connectivity index (χ1) is 12.7. The third kappa shape index (κ3) is 5.30. The maximum absolute atomic E-state index is 13.8. The van der Waals surface area contributed by atoms with Crippen molar-refractivity contribution < 1.29 is 14.0 Å². The van der Waals surface area contributed by atoms with Crippen LogP contribution in [0, 0.1) is 18.7 Å². The fraction of sp³-hybridized carbons (Fsp3) is 0.333. The van der Waals surface area contributed by atoms with Crippen molar-refractivity contribution in [3.63, 3.8) is 0 Å². The number of carbonyl (C=O) groups is 2. The predicted molar refractivity (Wildman–Crippen MR) is 113 cm³/mol. The number of nitrogens with one attached hydrogen (secondary N) is 2. The lowest BCUT2D eigenvalue weighted by molar-refractivity contribution is 0.0882. The Labute approximate surface area is 171 Å². The van der Waals surface area contributed by atoms with Crippen LogP contribution in [-0.2, 0) is 0 Å². The number of hydrogen-bond donors (Lipinski definition) is 3. The second-order valence-electron chi connectivity index (χ2n) is 7.19. The first kappa shape index (κ1) is 23.6. The number of nitrogens with two attached hydrogens (primary N) is 1. The van der Waals surface area contributed by atoms with E-state index in [0.717, 1.165) is 5.56 Å². The quantitative estimate of drug-likeness (QED) is 0.678. The molecule has 0 saturated heterocycles. The standard InChI is InChI=1S/C21H26FN3O2.ClH/c1-13(2)21(4,12-23)25-19(26)15-10-9-14(3)18(11-15)24-20(27)16-7-5-6-8-17(16)22;/h5-11,13H,12,23H2,1-4H3,(H,24,27)(H,25,26);1H. The van der Waals surface area contributed by atoms with Crippen LogP contribution in [0.2, 0.25) is 0 Å². The van der Waals surface area contributed by atoms with E-state index in [1.54, 1.807) is 31.2 Å². The van der Waals surface area contributed by atoms with Crippen molar-refractivity contribution in [1.29, 1.82) is 0 Å². The van der Waals surface area contributed by atoms with Gasteiger partial charge in [0, 0.05) is 17.8 Å². The van der Waals surface area contributed by atoms with E-state index < -0.39 is 17.3 Å². The molecule has 2 aromatic carbocycles. The van der Waals surface area contributed by atoms with Crippen LogP contribution in [0.5, 0.6) is 0 Å². The Balaban J connectivity index is 0.00000392. The van der Waals surface area contributed by atoms with Gasteiger partial charge >= 0.3 is 0 Å². The minimum atomic E-state index is -0.600. The van der Waals surface area contributed by atoms with Gasteiger partial charge < -0.3 is 16.4 Å². The summed E-state index contributed by atoms with van der Waals surface area (Å²) in [5.41, 5.74) is 6.84. The number of amides is 2. The number of anilines is 1. The fourth-order valence-corrected chi connectivity index (χ4v) is 2.50. The highest BCUT2D eigenvalue weighted by Gasteiger charge is 2.29. The van der Waals surface area contributed by atoms with Gasteiger partial charge in [0.2, 0.25) is 0 Å². The van der Waals surface area contributed by atoms with Gasteiger partial charge in [0.05, 0.1) is 11.1 Å². The summed E-state index contributed by atoms with van der Waals surface area (Å²) in [4.78, 5) is 25.0. The Kier molecular flexibility index (Phi) is 8.14. The lowest BCUT2D eigenvalue weighted by Gasteiger charge is -2.33. The number of benzene rings is 2. The van der Waals surface area contributed by atoms with E-state index in [2.05, 4.69) is 10.6 Å². The highest BCUT2D eigenvalue weighted by molar-refractivity contribution is 6.05. The van der Waals surface area contributed by atoms with Crippen LogP contribution in [0.1, 0.15) is 47.1 Å². The van der Waals surface area contributed by atoms with Crippen molar-refractivity contribution >= 4 is 29.9 Å². The van der Waals surface area contributed by atoms with Crippen molar-refractivity contribution in [2.45, 2.75) is 33.2 Å². The van der Waals surface area contributed by atoms with Gasteiger partial charge in [-0.1, -0.05) is 32.0 Å². The molecule has 2 rings (SSSR count). The molecule has 4 N–H and O–H groups in total. The highest BCUT2D eigenvalue weighted by atomic mass is 35.5. The smallest absolute Gasteiger partial charge is 0.258 e. The molecule has 2 aromatic rings. The Hall–Kier alpha value is -2.44. The third-order valence-electron chi connectivity index (χ3n) is 4.96. The molecule has 0 heterocycles. The van der Waals surface area contributed by atoms with E-state index in [1.165, 1.54) is 18.2 Å². The van der Waals surface area contributed by atoms with E-state index in [9.17, 15) is 14.0 Å². The molecule has 0 bridgehead atoms. The van der Waals surface area contributed by atoms with Crippen LogP contribution in [0.25, 0.3) is 0 Å². The molecule has 0 saturated carbocycles. The molecular formula is C21H27ClFN3O2. The number of halogens is 2. The van der Waals surface area contributed by atoms with Gasteiger partial charge in [-0.05, 0) is 49.6 Å². The number of rotatable bonds is 6. The fourth-order valence-electron chi connectivity index (χ4n) is 2.50. The molecule has 28 heavy (non-hydrogen) atoms. The van der Waals surface area contributed by atoms with Crippen molar-refractivity contribution in [3.8, 4) is 0 Å². The maximum Gasteiger partial charge on any atom is 0.258 e. The van der Waals surface area contributed by atoms with E-state index in [-0.39, 0.29) is 29.8 Å². The second kappa shape index (κ2) is 9.66. The summed E-state index contributed by atoms with van der Waals surface area (Å²) in [6.07, 6.45) is 0. The normalized spacial score (nSPS) is 12.7. The van der Waals surface area contributed by atoms with E-state index in [0.29, 0.717) is 17.8 Å². The summed E-state index contributed by atoms with van der Waals surface area (Å²) >= 11 is 0. The summed E-state index contributed by atoms with van der Waals surface area (Å²) in [5, 5.41) is 5.64. The molecule has 0 aliphatic rings. The van der Waals surface area contributed by atoms with Gasteiger partial charge in [-0.25, -0.2) is 4.39 Å². The molecule has 0 aromatic heterocycles. The van der Waals surface area contributed by atoms with Gasteiger partial charge in [-0.3, -0.25) is 9.59 Å². The monoisotopic (exact) mass is 407 g/mol. The van der Waals surface area contributed by atoms with Gasteiger partial charge in [0.25, 0.3) is 11.8 Å². The number of hydrogen-bond acceptors (Lipinski definition) is 3. The average molecular weight is 408 g/mol. The summed E-state index contributed by atoms with van der Waals surface area (Å²) in [6, 6.07) is 10.7. The van der Waals surface area contributed by atoms with Crippen molar-refractivity contribution in [2.75, 3.05) is 11.9 Å². The van der Waals surface area contributed by atoms with Crippen LogP contribution in [0.15, 0.2) is 42.5 Å². The zero-order valence-corrected chi connectivity index (χ0v) is 17.3. The Morgan fingerprint density at radius 1 is 1.14 bits per heavy atom. The Bertz CT molecular complexity index is 857. The van der Waals surface area contributed by atoms with E-state index in [4.69, 9.17) is 5.73 Å².